The number of nitrogens with zero attached hydrogens (tertiary/aromatic N) is 2. The molecule has 0 radical (unpaired) electrons. The number of esters is 1. The molecule has 0 unspecified atom stereocenters. The average Bonchev–Trinajstić information content (AvgIpc) is 2.85. The molecular formula is C15H19N3O4S. The number of fused-ring (bicyclic) bond motifs is 1. The van der Waals surface area contributed by atoms with Gasteiger partial charge in [-0.05, 0) is 45.1 Å². The summed E-state index contributed by atoms with van der Waals surface area (Å²) in [6.45, 7) is 3.13. The number of thiophene rings is 1. The van der Waals surface area contributed by atoms with E-state index in [0.29, 0.717) is 10.6 Å². The second-order valence-electron chi connectivity index (χ2n) is 5.11. The van der Waals surface area contributed by atoms with E-state index in [4.69, 9.17) is 10.5 Å². The molecule has 0 spiro atoms. The summed E-state index contributed by atoms with van der Waals surface area (Å²) in [7, 11) is 0. The van der Waals surface area contributed by atoms with Crippen LogP contribution < -0.4 is 5.73 Å². The number of hydrogen-bond donors (Lipinski definition) is 2. The maximum atomic E-state index is 11.7. The standard InChI is InChI=1S/C15H19N3O4S/c1-3-22-15(21)12(8(2)19)17-18-14-11(13(16)20)9-6-4-5-7-10(9)23-14/h19H,3-7H2,1-2H3,(H2,16,20). The van der Waals surface area contributed by atoms with E-state index >= 15 is 0 Å². The third kappa shape index (κ3) is 3.76. The number of primary amides is 1. The zero-order chi connectivity index (χ0) is 17.0. The summed E-state index contributed by atoms with van der Waals surface area (Å²) in [6.07, 6.45) is 3.74. The number of aliphatic hydroxyl groups is 1. The second kappa shape index (κ2) is 7.36. The monoisotopic (exact) mass is 337 g/mol. The summed E-state index contributed by atoms with van der Waals surface area (Å²) in [5.74, 6) is -1.62. The number of ether oxygens (including phenoxy) is 1. The Labute approximate surface area is 137 Å². The minimum atomic E-state index is -0.766. The van der Waals surface area contributed by atoms with Gasteiger partial charge in [0.05, 0.1) is 12.2 Å². The van der Waals surface area contributed by atoms with E-state index < -0.39 is 11.9 Å². The Morgan fingerprint density at radius 1 is 1.35 bits per heavy atom. The van der Waals surface area contributed by atoms with Gasteiger partial charge in [0.2, 0.25) is 5.70 Å². The molecule has 1 amide bonds. The molecule has 2 rings (SSSR count). The smallest absolute Gasteiger partial charge is 0.362 e. The molecule has 0 saturated carbocycles. The third-order valence-electron chi connectivity index (χ3n) is 3.45. The van der Waals surface area contributed by atoms with Gasteiger partial charge in [-0.25, -0.2) is 4.79 Å². The van der Waals surface area contributed by atoms with Crippen LogP contribution in [0.2, 0.25) is 0 Å². The fourth-order valence-electron chi connectivity index (χ4n) is 2.43. The molecular weight excluding hydrogens is 318 g/mol. The van der Waals surface area contributed by atoms with Crippen molar-refractivity contribution in [3.05, 3.63) is 27.5 Å². The molecule has 1 aromatic rings. The first-order valence-corrected chi connectivity index (χ1v) is 8.20. The summed E-state index contributed by atoms with van der Waals surface area (Å²) in [6, 6.07) is 0. The number of amides is 1. The van der Waals surface area contributed by atoms with E-state index in [2.05, 4.69) is 10.2 Å². The molecule has 1 aliphatic rings. The zero-order valence-electron chi connectivity index (χ0n) is 13.1. The Bertz CT molecular complexity index is 687. The quantitative estimate of drug-likeness (QED) is 0.371. The lowest BCUT2D eigenvalue weighted by molar-refractivity contribution is -0.138. The van der Waals surface area contributed by atoms with Gasteiger partial charge in [-0.1, -0.05) is 0 Å². The molecule has 23 heavy (non-hydrogen) atoms. The Balaban J connectivity index is 2.39. The lowest BCUT2D eigenvalue weighted by Gasteiger charge is -2.10. The van der Waals surface area contributed by atoms with Crippen LogP contribution in [0.4, 0.5) is 5.00 Å². The van der Waals surface area contributed by atoms with E-state index in [1.165, 1.54) is 18.3 Å². The fraction of sp³-hybridized carbons (Fsp3) is 0.467. The van der Waals surface area contributed by atoms with Gasteiger partial charge in [0.1, 0.15) is 5.76 Å². The molecule has 0 aromatic carbocycles. The van der Waals surface area contributed by atoms with Crippen LogP contribution in [0.3, 0.4) is 0 Å². The van der Waals surface area contributed by atoms with Crippen LogP contribution in [0.25, 0.3) is 0 Å². The van der Waals surface area contributed by atoms with Crippen molar-refractivity contribution in [1.82, 2.24) is 0 Å². The summed E-state index contributed by atoms with van der Waals surface area (Å²) in [5.41, 5.74) is 6.49. The number of carbonyl (C=O) groups excluding carboxylic acids is 2. The number of nitrogens with two attached hydrogens (primary N) is 1. The SMILES string of the molecule is CCOC(=O)C(N=Nc1sc2c(c1C(N)=O)CCCC2)=C(C)O. The van der Waals surface area contributed by atoms with Gasteiger partial charge in [0.15, 0.2) is 5.00 Å². The molecule has 0 aliphatic heterocycles. The van der Waals surface area contributed by atoms with Gasteiger partial charge in [-0.2, -0.15) is 0 Å². The number of hydrogen-bond acceptors (Lipinski definition) is 7. The Morgan fingerprint density at radius 3 is 2.65 bits per heavy atom. The van der Waals surface area contributed by atoms with Crippen molar-refractivity contribution in [2.75, 3.05) is 6.61 Å². The summed E-state index contributed by atoms with van der Waals surface area (Å²) in [4.78, 5) is 24.6. The Morgan fingerprint density at radius 2 is 2.04 bits per heavy atom. The minimum Gasteiger partial charge on any atom is -0.510 e. The molecule has 0 bridgehead atoms. The van der Waals surface area contributed by atoms with Crippen molar-refractivity contribution in [2.45, 2.75) is 39.5 Å². The highest BCUT2D eigenvalue weighted by Crippen LogP contribution is 2.40. The number of carbonyl (C=O) groups is 2. The fourth-order valence-corrected chi connectivity index (χ4v) is 3.65. The number of aliphatic hydroxyl groups excluding tert-OH is 1. The van der Waals surface area contributed by atoms with Crippen LogP contribution in [-0.4, -0.2) is 23.6 Å². The van der Waals surface area contributed by atoms with Crippen LogP contribution in [0.5, 0.6) is 0 Å². The van der Waals surface area contributed by atoms with E-state index in [-0.39, 0.29) is 18.1 Å². The lowest BCUT2D eigenvalue weighted by atomic mass is 9.95. The molecule has 1 aromatic heterocycles. The van der Waals surface area contributed by atoms with Crippen LogP contribution >= 0.6 is 11.3 Å². The topological polar surface area (TPSA) is 114 Å². The van der Waals surface area contributed by atoms with Gasteiger partial charge in [0, 0.05) is 4.88 Å². The van der Waals surface area contributed by atoms with Gasteiger partial charge < -0.3 is 15.6 Å². The van der Waals surface area contributed by atoms with E-state index in [0.717, 1.165) is 36.1 Å². The van der Waals surface area contributed by atoms with Crippen LogP contribution in [0.1, 0.15) is 47.5 Å². The Hall–Kier alpha value is -2.22. The normalized spacial score (nSPS) is 15.2. The molecule has 8 heteroatoms. The summed E-state index contributed by atoms with van der Waals surface area (Å²) in [5, 5.41) is 17.7. The van der Waals surface area contributed by atoms with Crippen molar-refractivity contribution in [3.63, 3.8) is 0 Å². The maximum Gasteiger partial charge on any atom is 0.362 e. The van der Waals surface area contributed by atoms with Crippen molar-refractivity contribution >= 4 is 28.2 Å². The van der Waals surface area contributed by atoms with Crippen molar-refractivity contribution < 1.29 is 19.4 Å². The number of allylic oxidation sites excluding steroid dienone is 1. The summed E-state index contributed by atoms with van der Waals surface area (Å²) < 4.78 is 4.81. The van der Waals surface area contributed by atoms with Gasteiger partial charge in [-0.15, -0.1) is 21.6 Å². The number of aryl methyl sites for hydroxylation is 1. The second-order valence-corrected chi connectivity index (χ2v) is 6.19. The van der Waals surface area contributed by atoms with Crippen molar-refractivity contribution in [1.29, 1.82) is 0 Å². The molecule has 0 atom stereocenters. The number of rotatable bonds is 5. The lowest BCUT2D eigenvalue weighted by Crippen LogP contribution is -2.14. The molecule has 124 valence electrons. The maximum absolute atomic E-state index is 11.7. The first-order chi connectivity index (χ1) is 11.0. The third-order valence-corrected chi connectivity index (χ3v) is 4.63. The summed E-state index contributed by atoms with van der Waals surface area (Å²) >= 11 is 1.35. The largest absolute Gasteiger partial charge is 0.510 e. The molecule has 7 nitrogen and oxygen atoms in total. The Kier molecular flexibility index (Phi) is 5.49. The van der Waals surface area contributed by atoms with Crippen molar-refractivity contribution in [2.24, 2.45) is 16.0 Å². The first kappa shape index (κ1) is 17.1. The highest BCUT2D eigenvalue weighted by atomic mass is 32.1. The zero-order valence-corrected chi connectivity index (χ0v) is 13.9. The molecule has 3 N–H and O–H groups in total. The highest BCUT2D eigenvalue weighted by molar-refractivity contribution is 7.16. The molecule has 0 saturated heterocycles. The van der Waals surface area contributed by atoms with E-state index in [1.807, 2.05) is 0 Å². The van der Waals surface area contributed by atoms with Gasteiger partial charge in [-0.3, -0.25) is 4.79 Å². The number of azo groups is 1. The molecule has 1 heterocycles. The predicted molar refractivity (Wildman–Crippen MR) is 86.0 cm³/mol. The van der Waals surface area contributed by atoms with E-state index in [1.54, 1.807) is 6.92 Å². The minimum absolute atomic E-state index is 0.158. The van der Waals surface area contributed by atoms with Crippen LogP contribution in [0, 0.1) is 0 Å². The first-order valence-electron chi connectivity index (χ1n) is 7.38. The van der Waals surface area contributed by atoms with Gasteiger partial charge >= 0.3 is 5.97 Å². The van der Waals surface area contributed by atoms with Crippen LogP contribution in [0.15, 0.2) is 21.7 Å². The highest BCUT2D eigenvalue weighted by Gasteiger charge is 2.24. The molecule has 1 aliphatic carbocycles. The van der Waals surface area contributed by atoms with E-state index in [9.17, 15) is 14.7 Å². The van der Waals surface area contributed by atoms with Gasteiger partial charge in [0.25, 0.3) is 5.91 Å². The predicted octanol–water partition coefficient (Wildman–Crippen LogP) is 3.16. The van der Waals surface area contributed by atoms with Crippen molar-refractivity contribution in [3.8, 4) is 0 Å². The molecule has 0 fully saturated rings. The average molecular weight is 337 g/mol. The van der Waals surface area contributed by atoms with Crippen LogP contribution in [-0.2, 0) is 22.4 Å².